The molecule has 10 atom stereocenters. The first-order valence-corrected chi connectivity index (χ1v) is 10.4. The van der Waals surface area contributed by atoms with Crippen LogP contribution in [-0.4, -0.2) is 131 Å². The maximum Gasteiger partial charge on any atom is 0.345 e. The number of carbonyl (C=O) groups is 1. The molecule has 2 aliphatic rings. The van der Waals surface area contributed by atoms with E-state index in [4.69, 9.17) is 9.47 Å². The number of esters is 1. The Kier molecular flexibility index (Phi) is 8.07. The van der Waals surface area contributed by atoms with Gasteiger partial charge >= 0.3 is 5.97 Å². The molecule has 198 valence electrons. The molecule has 3 rings (SSSR count). The van der Waals surface area contributed by atoms with E-state index in [0.29, 0.717) is 0 Å². The summed E-state index contributed by atoms with van der Waals surface area (Å²) in [5, 5.41) is 113. The fourth-order valence-electron chi connectivity index (χ4n) is 4.27. The molecular formula is C20H28O15. The zero-order valence-electron chi connectivity index (χ0n) is 18.2. The van der Waals surface area contributed by atoms with E-state index in [1.165, 1.54) is 0 Å². The van der Waals surface area contributed by atoms with Gasteiger partial charge in [0.2, 0.25) is 0 Å². The zero-order chi connectivity index (χ0) is 26.4. The van der Waals surface area contributed by atoms with Gasteiger partial charge in [0.15, 0.2) is 0 Å². The molecule has 0 spiro atoms. The van der Waals surface area contributed by atoms with Crippen LogP contribution in [0.25, 0.3) is 0 Å². The highest BCUT2D eigenvalue weighted by Crippen LogP contribution is 2.52. The van der Waals surface area contributed by atoms with Crippen LogP contribution in [0.3, 0.4) is 0 Å². The number of aromatic hydroxyl groups is 3. The average molecular weight is 508 g/mol. The van der Waals surface area contributed by atoms with Gasteiger partial charge < -0.3 is 70.4 Å². The van der Waals surface area contributed by atoms with Crippen LogP contribution >= 0.6 is 0 Å². The van der Waals surface area contributed by atoms with E-state index in [1.807, 2.05) is 0 Å². The lowest BCUT2D eigenvalue weighted by Crippen LogP contribution is -2.55. The molecule has 2 heterocycles. The Morgan fingerprint density at radius 2 is 1.06 bits per heavy atom. The normalized spacial score (nSPS) is 37.7. The SMILES string of the molecule is COC(=O)c1c(O)c([C@@H]2O[C@H](CO)[C@@H](O)[C@H](O)[C@H]2O)c(O)c([C@@H]2O[C@H](CO)[C@@H](O)[C@H](O)[C@H]2O)c1O. The molecule has 1 aromatic rings. The largest absolute Gasteiger partial charge is 0.507 e. The van der Waals surface area contributed by atoms with Crippen molar-refractivity contribution in [3.8, 4) is 17.2 Å². The second-order valence-electron chi connectivity index (χ2n) is 8.24. The minimum atomic E-state index is -2.05. The highest BCUT2D eigenvalue weighted by Gasteiger charge is 2.50. The predicted octanol–water partition coefficient (Wildman–Crippen LogP) is -4.38. The molecule has 2 saturated heterocycles. The number of aliphatic hydroxyl groups excluding tert-OH is 8. The summed E-state index contributed by atoms with van der Waals surface area (Å²) in [6.45, 7) is -1.74. The molecule has 0 aliphatic carbocycles. The van der Waals surface area contributed by atoms with Gasteiger partial charge in [0.1, 0.15) is 83.9 Å². The number of benzene rings is 1. The van der Waals surface area contributed by atoms with Crippen molar-refractivity contribution in [2.75, 3.05) is 20.3 Å². The Balaban J connectivity index is 2.27. The first-order chi connectivity index (χ1) is 16.4. The Morgan fingerprint density at radius 3 is 1.37 bits per heavy atom. The van der Waals surface area contributed by atoms with Crippen molar-refractivity contribution in [1.29, 1.82) is 0 Å². The topological polar surface area (TPSA) is 267 Å². The smallest absolute Gasteiger partial charge is 0.345 e. The van der Waals surface area contributed by atoms with Gasteiger partial charge in [0.05, 0.1) is 31.5 Å². The molecule has 0 bridgehead atoms. The van der Waals surface area contributed by atoms with Crippen LogP contribution < -0.4 is 0 Å². The molecule has 0 radical (unpaired) electrons. The van der Waals surface area contributed by atoms with Gasteiger partial charge in [-0.25, -0.2) is 4.79 Å². The highest BCUT2D eigenvalue weighted by atomic mass is 16.6. The van der Waals surface area contributed by atoms with Crippen molar-refractivity contribution in [3.63, 3.8) is 0 Å². The van der Waals surface area contributed by atoms with E-state index in [9.17, 15) is 61.0 Å². The van der Waals surface area contributed by atoms with Crippen LogP contribution in [0.1, 0.15) is 33.7 Å². The van der Waals surface area contributed by atoms with Gasteiger partial charge in [0.25, 0.3) is 0 Å². The minimum absolute atomic E-state index is 0.827. The Morgan fingerprint density at radius 1 is 0.686 bits per heavy atom. The maximum atomic E-state index is 12.4. The molecule has 2 fully saturated rings. The van der Waals surface area contributed by atoms with Crippen molar-refractivity contribution in [3.05, 3.63) is 16.7 Å². The number of carbonyl (C=O) groups excluding carboxylic acids is 1. The summed E-state index contributed by atoms with van der Waals surface area (Å²) in [4.78, 5) is 12.4. The second kappa shape index (κ2) is 10.4. The second-order valence-corrected chi connectivity index (χ2v) is 8.24. The first kappa shape index (κ1) is 27.3. The third kappa shape index (κ3) is 4.40. The van der Waals surface area contributed by atoms with Gasteiger partial charge in [-0.15, -0.1) is 0 Å². The standard InChI is InChI=1S/C20H28O15/c1-33-20(32)8-12(26)6(18-16(30)14(28)9(23)4(2-21)34-18)11(25)7(13(8)27)19-17(31)15(29)10(24)5(3-22)35-19/h4-5,9-10,14-19,21-31H,2-3H2,1H3/t4-,5-,9-,10-,14+,15+,16-,17-,18+,19+/m1/s1. The number of aliphatic hydroxyl groups is 8. The molecule has 0 saturated carbocycles. The molecular weight excluding hydrogens is 480 g/mol. The van der Waals surface area contributed by atoms with Crippen LogP contribution in [0.4, 0.5) is 0 Å². The molecule has 2 aliphatic heterocycles. The van der Waals surface area contributed by atoms with Crippen LogP contribution in [-0.2, 0) is 14.2 Å². The van der Waals surface area contributed by atoms with E-state index < -0.39 is 114 Å². The monoisotopic (exact) mass is 508 g/mol. The number of phenolic OH excluding ortho intramolecular Hbond substituents is 3. The first-order valence-electron chi connectivity index (χ1n) is 10.4. The number of ether oxygens (including phenoxy) is 3. The third-order valence-electron chi connectivity index (χ3n) is 6.24. The number of methoxy groups -OCH3 is 1. The van der Waals surface area contributed by atoms with Gasteiger partial charge in [-0.3, -0.25) is 0 Å². The van der Waals surface area contributed by atoms with E-state index in [0.717, 1.165) is 7.11 Å². The van der Waals surface area contributed by atoms with Gasteiger partial charge in [-0.1, -0.05) is 0 Å². The van der Waals surface area contributed by atoms with Gasteiger partial charge in [-0.2, -0.15) is 0 Å². The Hall–Kier alpha value is -2.31. The summed E-state index contributed by atoms with van der Waals surface area (Å²) in [5.41, 5.74) is -2.65. The quantitative estimate of drug-likeness (QED) is 0.168. The maximum absolute atomic E-state index is 12.4. The zero-order valence-corrected chi connectivity index (χ0v) is 18.2. The number of phenols is 3. The molecule has 11 N–H and O–H groups in total. The van der Waals surface area contributed by atoms with Gasteiger partial charge in [0, 0.05) is 0 Å². The van der Waals surface area contributed by atoms with Crippen LogP contribution in [0, 0.1) is 0 Å². The highest BCUT2D eigenvalue weighted by molar-refractivity contribution is 5.97. The summed E-state index contributed by atoms with van der Waals surface area (Å²) < 4.78 is 15.2. The summed E-state index contributed by atoms with van der Waals surface area (Å²) in [6, 6.07) is 0. The Bertz CT molecular complexity index is 871. The van der Waals surface area contributed by atoms with Crippen molar-refractivity contribution in [2.24, 2.45) is 0 Å². The lowest BCUT2D eigenvalue weighted by molar-refractivity contribution is -0.234. The predicted molar refractivity (Wildman–Crippen MR) is 108 cm³/mol. The minimum Gasteiger partial charge on any atom is -0.507 e. The molecule has 0 aromatic heterocycles. The molecule has 35 heavy (non-hydrogen) atoms. The van der Waals surface area contributed by atoms with E-state index in [2.05, 4.69) is 4.74 Å². The molecule has 15 nitrogen and oxygen atoms in total. The van der Waals surface area contributed by atoms with Crippen molar-refractivity contribution < 1.29 is 75.2 Å². The lowest BCUT2D eigenvalue weighted by Gasteiger charge is -2.42. The molecule has 15 heteroatoms. The van der Waals surface area contributed by atoms with Crippen molar-refractivity contribution >= 4 is 5.97 Å². The lowest BCUT2D eigenvalue weighted by atomic mass is 9.84. The Labute approximate surface area is 197 Å². The van der Waals surface area contributed by atoms with E-state index in [1.54, 1.807) is 0 Å². The molecule has 1 aromatic carbocycles. The fourth-order valence-corrected chi connectivity index (χ4v) is 4.27. The van der Waals surface area contributed by atoms with E-state index in [-0.39, 0.29) is 0 Å². The van der Waals surface area contributed by atoms with Crippen LogP contribution in [0.5, 0.6) is 17.2 Å². The van der Waals surface area contributed by atoms with E-state index >= 15 is 0 Å². The number of rotatable bonds is 5. The summed E-state index contributed by atoms with van der Waals surface area (Å²) >= 11 is 0. The average Bonchev–Trinajstić information content (AvgIpc) is 2.83. The molecule has 0 unspecified atom stereocenters. The number of hydrogen-bond donors (Lipinski definition) is 11. The van der Waals surface area contributed by atoms with Crippen LogP contribution in [0.15, 0.2) is 0 Å². The fraction of sp³-hybridized carbons (Fsp3) is 0.650. The summed E-state index contributed by atoms with van der Waals surface area (Å²) in [6.07, 6.45) is -18.5. The van der Waals surface area contributed by atoms with Gasteiger partial charge in [-0.05, 0) is 0 Å². The summed E-state index contributed by atoms with van der Waals surface area (Å²) in [5.74, 6) is -4.85. The van der Waals surface area contributed by atoms with Crippen molar-refractivity contribution in [2.45, 2.75) is 61.0 Å². The third-order valence-corrected chi connectivity index (χ3v) is 6.24. The summed E-state index contributed by atoms with van der Waals surface area (Å²) in [7, 11) is 0.884. The van der Waals surface area contributed by atoms with Crippen molar-refractivity contribution in [1.82, 2.24) is 0 Å². The molecule has 0 amide bonds. The number of hydrogen-bond acceptors (Lipinski definition) is 15. The van der Waals surface area contributed by atoms with Crippen LogP contribution in [0.2, 0.25) is 0 Å².